The fourth-order valence-electron chi connectivity index (χ4n) is 1.73. The Morgan fingerprint density at radius 2 is 2.47 bits per heavy atom. The van der Waals surface area contributed by atoms with Crippen molar-refractivity contribution in [1.29, 1.82) is 0 Å². The van der Waals surface area contributed by atoms with Gasteiger partial charge in [-0.2, -0.15) is 5.10 Å². The Morgan fingerprint density at radius 1 is 1.60 bits per heavy atom. The molecule has 0 amide bonds. The van der Waals surface area contributed by atoms with Gasteiger partial charge in [-0.1, -0.05) is 11.6 Å². The van der Waals surface area contributed by atoms with Crippen LogP contribution >= 0.6 is 11.6 Å². The molecule has 5 heteroatoms. The molecule has 1 aliphatic heterocycles. The second kappa shape index (κ2) is 4.77. The maximum absolute atomic E-state index is 11.0. The molecule has 0 saturated carbocycles. The van der Waals surface area contributed by atoms with E-state index in [-0.39, 0.29) is 16.7 Å². The van der Waals surface area contributed by atoms with Gasteiger partial charge in [-0.15, -0.1) is 0 Å². The Hall–Kier alpha value is -0.870. The zero-order valence-electron chi connectivity index (χ0n) is 8.33. The highest BCUT2D eigenvalue weighted by molar-refractivity contribution is 6.30. The molecule has 1 N–H and O–H groups in total. The van der Waals surface area contributed by atoms with Gasteiger partial charge in [-0.25, -0.2) is 5.10 Å². The molecule has 4 nitrogen and oxygen atoms in total. The molecule has 1 atom stereocenters. The molecule has 82 valence electrons. The third-order valence-corrected chi connectivity index (χ3v) is 2.80. The van der Waals surface area contributed by atoms with E-state index in [2.05, 4.69) is 10.2 Å². The van der Waals surface area contributed by atoms with Gasteiger partial charge in [0.1, 0.15) is 5.02 Å². The summed E-state index contributed by atoms with van der Waals surface area (Å²) in [6.45, 7) is 0.821. The summed E-state index contributed by atoms with van der Waals surface area (Å²) in [5.74, 6) is 0. The van der Waals surface area contributed by atoms with Crippen LogP contribution in [-0.2, 0) is 11.2 Å². The van der Waals surface area contributed by atoms with E-state index in [4.69, 9.17) is 16.3 Å². The molecule has 0 bridgehead atoms. The molecule has 0 radical (unpaired) electrons. The number of H-pyrrole nitrogens is 1. The van der Waals surface area contributed by atoms with Crippen molar-refractivity contribution in [3.63, 3.8) is 0 Å². The summed E-state index contributed by atoms with van der Waals surface area (Å²) in [4.78, 5) is 11.0. The number of ether oxygens (including phenoxy) is 1. The fourth-order valence-corrected chi connectivity index (χ4v) is 1.89. The minimum absolute atomic E-state index is 0.191. The second-order valence-electron chi connectivity index (χ2n) is 3.73. The predicted molar refractivity (Wildman–Crippen MR) is 57.2 cm³/mol. The standard InChI is InChI=1S/C10H13ClN2O2/c11-9-6-7(12-13-10(9)14)5-8-3-1-2-4-15-8/h6,8H,1-5H2,(H,13,14). The first-order valence-corrected chi connectivity index (χ1v) is 5.49. The van der Waals surface area contributed by atoms with Crippen LogP contribution in [-0.4, -0.2) is 22.9 Å². The van der Waals surface area contributed by atoms with Crippen LogP contribution in [0.2, 0.25) is 5.02 Å². The normalized spacial score (nSPS) is 21.5. The molecule has 1 unspecified atom stereocenters. The number of nitrogens with zero attached hydrogens (tertiary/aromatic N) is 1. The fraction of sp³-hybridized carbons (Fsp3) is 0.600. The molecule has 1 aromatic rings. The van der Waals surface area contributed by atoms with Crippen molar-refractivity contribution < 1.29 is 4.74 Å². The minimum atomic E-state index is -0.343. The van der Waals surface area contributed by atoms with Gasteiger partial charge < -0.3 is 4.74 Å². The van der Waals surface area contributed by atoms with Gasteiger partial charge in [0.05, 0.1) is 11.8 Å². The monoisotopic (exact) mass is 228 g/mol. The van der Waals surface area contributed by atoms with E-state index >= 15 is 0 Å². The van der Waals surface area contributed by atoms with Crippen molar-refractivity contribution in [2.24, 2.45) is 0 Å². The second-order valence-corrected chi connectivity index (χ2v) is 4.14. The Balaban J connectivity index is 2.03. The molecular formula is C10H13ClN2O2. The molecular weight excluding hydrogens is 216 g/mol. The van der Waals surface area contributed by atoms with Crippen molar-refractivity contribution in [3.05, 3.63) is 27.1 Å². The van der Waals surface area contributed by atoms with Crippen LogP contribution in [0.1, 0.15) is 25.0 Å². The zero-order chi connectivity index (χ0) is 10.7. The van der Waals surface area contributed by atoms with Crippen LogP contribution in [0.4, 0.5) is 0 Å². The summed E-state index contributed by atoms with van der Waals surface area (Å²) in [6, 6.07) is 1.61. The number of aromatic amines is 1. The van der Waals surface area contributed by atoms with Crippen LogP contribution < -0.4 is 5.56 Å². The van der Waals surface area contributed by atoms with E-state index in [1.807, 2.05) is 0 Å². The van der Waals surface area contributed by atoms with Gasteiger partial charge >= 0.3 is 0 Å². The quantitative estimate of drug-likeness (QED) is 0.835. The molecule has 1 saturated heterocycles. The van der Waals surface area contributed by atoms with Crippen LogP contribution in [0.5, 0.6) is 0 Å². The lowest BCUT2D eigenvalue weighted by Crippen LogP contribution is -2.23. The Labute approximate surface area is 92.6 Å². The number of rotatable bonds is 2. The third kappa shape index (κ3) is 2.79. The number of hydrogen-bond donors (Lipinski definition) is 1. The van der Waals surface area contributed by atoms with Gasteiger partial charge in [0, 0.05) is 13.0 Å². The van der Waals surface area contributed by atoms with Crippen LogP contribution in [0.3, 0.4) is 0 Å². The summed E-state index contributed by atoms with van der Waals surface area (Å²) in [7, 11) is 0. The maximum Gasteiger partial charge on any atom is 0.282 e. The van der Waals surface area contributed by atoms with Crippen molar-refractivity contribution in [2.75, 3.05) is 6.61 Å². The van der Waals surface area contributed by atoms with Gasteiger partial charge in [0.2, 0.25) is 0 Å². The molecule has 0 aliphatic carbocycles. The zero-order valence-corrected chi connectivity index (χ0v) is 9.09. The van der Waals surface area contributed by atoms with Gasteiger partial charge in [-0.05, 0) is 25.3 Å². The molecule has 15 heavy (non-hydrogen) atoms. The highest BCUT2D eigenvalue weighted by Crippen LogP contribution is 2.16. The summed E-state index contributed by atoms with van der Waals surface area (Å²) in [5, 5.41) is 6.49. The van der Waals surface area contributed by atoms with Crippen molar-refractivity contribution in [3.8, 4) is 0 Å². The van der Waals surface area contributed by atoms with Crippen LogP contribution in [0, 0.1) is 0 Å². The van der Waals surface area contributed by atoms with E-state index in [1.165, 1.54) is 6.42 Å². The SMILES string of the molecule is O=c1[nH]nc(CC2CCCCO2)cc1Cl. The first-order chi connectivity index (χ1) is 7.25. The molecule has 2 rings (SSSR count). The van der Waals surface area contributed by atoms with Crippen LogP contribution in [0.25, 0.3) is 0 Å². The average molecular weight is 229 g/mol. The highest BCUT2D eigenvalue weighted by Gasteiger charge is 2.15. The molecule has 2 heterocycles. The van der Waals surface area contributed by atoms with Crippen LogP contribution in [0.15, 0.2) is 10.9 Å². The van der Waals surface area contributed by atoms with Gasteiger partial charge in [0.25, 0.3) is 5.56 Å². The first kappa shape index (κ1) is 10.6. The Kier molecular flexibility index (Phi) is 3.38. The number of halogens is 1. The summed E-state index contributed by atoms with van der Waals surface area (Å²) in [5.41, 5.74) is 0.441. The van der Waals surface area contributed by atoms with E-state index in [0.717, 1.165) is 31.6 Å². The molecule has 0 aromatic carbocycles. The average Bonchev–Trinajstić information content (AvgIpc) is 2.25. The predicted octanol–water partition coefficient (Wildman–Crippen LogP) is 1.53. The van der Waals surface area contributed by atoms with Crippen molar-refractivity contribution >= 4 is 11.6 Å². The Bertz CT molecular complexity index is 385. The molecule has 0 spiro atoms. The topological polar surface area (TPSA) is 55.0 Å². The maximum atomic E-state index is 11.0. The largest absolute Gasteiger partial charge is 0.378 e. The van der Waals surface area contributed by atoms with E-state index < -0.39 is 0 Å². The van der Waals surface area contributed by atoms with Gasteiger partial charge in [0.15, 0.2) is 0 Å². The van der Waals surface area contributed by atoms with Gasteiger partial charge in [-0.3, -0.25) is 4.79 Å². The third-order valence-electron chi connectivity index (χ3n) is 2.52. The summed E-state index contributed by atoms with van der Waals surface area (Å²) >= 11 is 5.71. The smallest absolute Gasteiger partial charge is 0.282 e. The summed E-state index contributed by atoms with van der Waals surface area (Å²) in [6.07, 6.45) is 4.32. The highest BCUT2D eigenvalue weighted by atomic mass is 35.5. The molecule has 1 fully saturated rings. The Morgan fingerprint density at radius 3 is 3.13 bits per heavy atom. The number of aromatic nitrogens is 2. The molecule has 1 aromatic heterocycles. The summed E-state index contributed by atoms with van der Waals surface area (Å²) < 4.78 is 5.58. The minimum Gasteiger partial charge on any atom is -0.378 e. The van der Waals surface area contributed by atoms with E-state index in [1.54, 1.807) is 6.07 Å². The van der Waals surface area contributed by atoms with Crippen molar-refractivity contribution in [1.82, 2.24) is 10.2 Å². The van der Waals surface area contributed by atoms with Crippen molar-refractivity contribution in [2.45, 2.75) is 31.8 Å². The molecule has 1 aliphatic rings. The van der Waals surface area contributed by atoms with E-state index in [0.29, 0.717) is 0 Å². The number of hydrogen-bond acceptors (Lipinski definition) is 3. The number of nitrogens with one attached hydrogen (secondary N) is 1. The first-order valence-electron chi connectivity index (χ1n) is 5.11. The lowest BCUT2D eigenvalue weighted by molar-refractivity contribution is 0.0161. The van der Waals surface area contributed by atoms with E-state index in [9.17, 15) is 4.79 Å². The lowest BCUT2D eigenvalue weighted by Gasteiger charge is -2.21. The lowest BCUT2D eigenvalue weighted by atomic mass is 10.0.